The maximum absolute atomic E-state index is 12.6. The van der Waals surface area contributed by atoms with Crippen molar-refractivity contribution < 1.29 is 23.5 Å². The normalized spacial score (nSPS) is 10.6. The number of hydrogen-bond donors (Lipinski definition) is 2. The molecule has 0 spiro atoms. The number of aryl methyl sites for hydroxylation is 1. The highest BCUT2D eigenvalue weighted by Gasteiger charge is 2.20. The molecule has 0 fully saturated rings. The molecule has 0 saturated heterocycles. The number of benzene rings is 2. The minimum atomic E-state index is -0.386. The van der Waals surface area contributed by atoms with Crippen LogP contribution in [0.3, 0.4) is 0 Å². The second-order valence-corrected chi connectivity index (χ2v) is 8.58. The lowest BCUT2D eigenvalue weighted by molar-refractivity contribution is -0.113. The van der Waals surface area contributed by atoms with Crippen molar-refractivity contribution in [2.75, 3.05) is 25.3 Å². The number of thioether (sulfide) groups is 1. The molecule has 0 unspecified atom stereocenters. The van der Waals surface area contributed by atoms with Crippen LogP contribution in [0, 0.1) is 6.92 Å². The first-order valence-corrected chi connectivity index (χ1v) is 11.9. The number of carbonyl (C=O) groups excluding carboxylic acids is 2. The zero-order valence-electron chi connectivity index (χ0n) is 20.0. The van der Waals surface area contributed by atoms with Crippen molar-refractivity contribution in [2.45, 2.75) is 18.6 Å². The first-order chi connectivity index (χ1) is 17.5. The lowest BCUT2D eigenvalue weighted by Crippen LogP contribution is -2.24. The molecule has 2 heterocycles. The van der Waals surface area contributed by atoms with Crippen LogP contribution in [0.1, 0.15) is 21.9 Å². The summed E-state index contributed by atoms with van der Waals surface area (Å²) in [6.07, 6.45) is 1.43. The molecule has 0 radical (unpaired) electrons. The number of methoxy groups -OCH3 is 2. The highest BCUT2D eigenvalue weighted by atomic mass is 32.2. The minimum Gasteiger partial charge on any atom is -0.497 e. The molecular formula is C25H25N5O5S. The second kappa shape index (κ2) is 11.5. The number of carbonyl (C=O) groups is 2. The van der Waals surface area contributed by atoms with Crippen molar-refractivity contribution in [2.24, 2.45) is 0 Å². The third-order valence-electron chi connectivity index (χ3n) is 5.11. The van der Waals surface area contributed by atoms with Gasteiger partial charge in [0, 0.05) is 11.8 Å². The maximum Gasteiger partial charge on any atom is 0.287 e. The van der Waals surface area contributed by atoms with Gasteiger partial charge in [0.05, 0.1) is 38.5 Å². The van der Waals surface area contributed by atoms with E-state index in [4.69, 9.17) is 13.9 Å². The van der Waals surface area contributed by atoms with Gasteiger partial charge in [0.15, 0.2) is 16.7 Å². The number of anilines is 1. The summed E-state index contributed by atoms with van der Waals surface area (Å²) in [6.45, 7) is 2.03. The van der Waals surface area contributed by atoms with Crippen molar-refractivity contribution in [3.63, 3.8) is 0 Å². The van der Waals surface area contributed by atoms with Crippen LogP contribution in [0.5, 0.6) is 11.5 Å². The van der Waals surface area contributed by atoms with Gasteiger partial charge in [0.1, 0.15) is 11.5 Å². The summed E-state index contributed by atoms with van der Waals surface area (Å²) in [6, 6.07) is 16.1. The molecule has 0 aliphatic carbocycles. The van der Waals surface area contributed by atoms with Gasteiger partial charge in [-0.1, -0.05) is 23.9 Å². The SMILES string of the molecule is COc1ccc(-n2c(CNC(=O)c3ccco3)nnc2SCC(=O)Nc2cccc(C)c2)c(OC)c1. The van der Waals surface area contributed by atoms with Crippen molar-refractivity contribution in [1.82, 2.24) is 20.1 Å². The second-order valence-electron chi connectivity index (χ2n) is 7.64. The number of aromatic nitrogens is 3. The summed E-state index contributed by atoms with van der Waals surface area (Å²) < 4.78 is 17.8. The highest BCUT2D eigenvalue weighted by Crippen LogP contribution is 2.32. The zero-order chi connectivity index (χ0) is 25.5. The van der Waals surface area contributed by atoms with Gasteiger partial charge in [-0.3, -0.25) is 14.2 Å². The highest BCUT2D eigenvalue weighted by molar-refractivity contribution is 7.99. The van der Waals surface area contributed by atoms with Crippen LogP contribution in [0.15, 0.2) is 70.4 Å². The largest absolute Gasteiger partial charge is 0.497 e. The molecule has 2 N–H and O–H groups in total. The van der Waals surface area contributed by atoms with Crippen LogP contribution in [-0.2, 0) is 11.3 Å². The molecule has 2 aromatic heterocycles. The third-order valence-corrected chi connectivity index (χ3v) is 6.04. The summed E-state index contributed by atoms with van der Waals surface area (Å²) in [5, 5.41) is 14.7. The van der Waals surface area contributed by atoms with Gasteiger partial charge >= 0.3 is 0 Å². The standard InChI is InChI=1S/C25H25N5O5S/c1-16-6-4-7-17(12-16)27-23(31)15-36-25-29-28-22(14-26-24(32)20-8-5-11-35-20)30(25)19-10-9-18(33-2)13-21(19)34-3/h4-13H,14-15H2,1-3H3,(H,26,32)(H,27,31). The average Bonchev–Trinajstić information content (AvgIpc) is 3.56. The molecule has 11 heteroatoms. The quantitative estimate of drug-likeness (QED) is 0.311. The van der Waals surface area contributed by atoms with Crippen molar-refractivity contribution >= 4 is 29.3 Å². The van der Waals surface area contributed by atoms with E-state index in [1.54, 1.807) is 49.1 Å². The van der Waals surface area contributed by atoms with Crippen LogP contribution in [-0.4, -0.2) is 46.6 Å². The molecule has 4 rings (SSSR count). The molecule has 0 aliphatic rings. The summed E-state index contributed by atoms with van der Waals surface area (Å²) in [7, 11) is 3.11. The van der Waals surface area contributed by atoms with Crippen molar-refractivity contribution in [3.05, 3.63) is 78.0 Å². The van der Waals surface area contributed by atoms with E-state index in [2.05, 4.69) is 20.8 Å². The van der Waals surface area contributed by atoms with E-state index in [0.29, 0.717) is 28.2 Å². The number of rotatable bonds is 10. The van der Waals surface area contributed by atoms with Gasteiger partial charge in [-0.25, -0.2) is 0 Å². The molecule has 4 aromatic rings. The fourth-order valence-electron chi connectivity index (χ4n) is 3.42. The maximum atomic E-state index is 12.6. The number of nitrogens with zero attached hydrogens (tertiary/aromatic N) is 3. The van der Waals surface area contributed by atoms with Crippen LogP contribution >= 0.6 is 11.8 Å². The Hall–Kier alpha value is -4.25. The van der Waals surface area contributed by atoms with E-state index < -0.39 is 0 Å². The summed E-state index contributed by atoms with van der Waals surface area (Å²) in [5.74, 6) is 1.29. The number of nitrogens with one attached hydrogen (secondary N) is 2. The Morgan fingerprint density at radius 3 is 2.64 bits per heavy atom. The molecule has 0 bridgehead atoms. The van der Waals surface area contributed by atoms with E-state index in [0.717, 1.165) is 11.3 Å². The lowest BCUT2D eigenvalue weighted by Gasteiger charge is -2.15. The van der Waals surface area contributed by atoms with Crippen LogP contribution < -0.4 is 20.1 Å². The molecule has 186 valence electrons. The fraction of sp³-hybridized carbons (Fsp3) is 0.200. The predicted octanol–water partition coefficient (Wildman–Crippen LogP) is 3.85. The fourth-order valence-corrected chi connectivity index (χ4v) is 4.19. The topological polar surface area (TPSA) is 121 Å². The number of hydrogen-bond acceptors (Lipinski definition) is 8. The van der Waals surface area contributed by atoms with Gasteiger partial charge < -0.3 is 24.5 Å². The van der Waals surface area contributed by atoms with Gasteiger partial charge in [0.2, 0.25) is 5.91 Å². The smallest absolute Gasteiger partial charge is 0.287 e. The van der Waals surface area contributed by atoms with E-state index in [1.807, 2.05) is 31.2 Å². The van der Waals surface area contributed by atoms with Gasteiger partial charge in [0.25, 0.3) is 5.91 Å². The first kappa shape index (κ1) is 24.9. The Morgan fingerprint density at radius 1 is 1.06 bits per heavy atom. The van der Waals surface area contributed by atoms with Gasteiger partial charge in [-0.15, -0.1) is 10.2 Å². The number of amides is 2. The number of furan rings is 1. The molecule has 36 heavy (non-hydrogen) atoms. The van der Waals surface area contributed by atoms with E-state index in [9.17, 15) is 9.59 Å². The lowest BCUT2D eigenvalue weighted by atomic mass is 10.2. The molecule has 10 nitrogen and oxygen atoms in total. The van der Waals surface area contributed by atoms with E-state index in [1.165, 1.54) is 18.0 Å². The first-order valence-electron chi connectivity index (χ1n) is 11.0. The molecular weight excluding hydrogens is 482 g/mol. The molecule has 0 aliphatic heterocycles. The summed E-state index contributed by atoms with van der Waals surface area (Å²) >= 11 is 1.21. The Labute approximate surface area is 212 Å². The van der Waals surface area contributed by atoms with Crippen molar-refractivity contribution in [3.8, 4) is 17.2 Å². The summed E-state index contributed by atoms with van der Waals surface area (Å²) in [5.41, 5.74) is 2.40. The minimum absolute atomic E-state index is 0.0672. The zero-order valence-corrected chi connectivity index (χ0v) is 20.8. The molecule has 2 amide bonds. The third kappa shape index (κ3) is 5.87. The van der Waals surface area contributed by atoms with E-state index >= 15 is 0 Å². The predicted molar refractivity (Wildman–Crippen MR) is 135 cm³/mol. The Morgan fingerprint density at radius 2 is 1.92 bits per heavy atom. The number of ether oxygens (including phenoxy) is 2. The summed E-state index contributed by atoms with van der Waals surface area (Å²) in [4.78, 5) is 25.0. The Balaban J connectivity index is 1.58. The molecule has 0 atom stereocenters. The Kier molecular flexibility index (Phi) is 7.91. The average molecular weight is 508 g/mol. The van der Waals surface area contributed by atoms with Gasteiger partial charge in [-0.2, -0.15) is 0 Å². The Bertz CT molecular complexity index is 1350. The van der Waals surface area contributed by atoms with Crippen LogP contribution in [0.25, 0.3) is 5.69 Å². The monoisotopic (exact) mass is 507 g/mol. The van der Waals surface area contributed by atoms with Crippen molar-refractivity contribution in [1.29, 1.82) is 0 Å². The van der Waals surface area contributed by atoms with E-state index in [-0.39, 0.29) is 29.9 Å². The molecule has 0 saturated carbocycles. The van der Waals surface area contributed by atoms with Crippen LogP contribution in [0.2, 0.25) is 0 Å². The van der Waals surface area contributed by atoms with Gasteiger partial charge in [-0.05, 0) is 48.9 Å². The van der Waals surface area contributed by atoms with Crippen LogP contribution in [0.4, 0.5) is 5.69 Å². The molecule has 2 aromatic carbocycles.